The maximum atomic E-state index is 11.3. The van der Waals surface area contributed by atoms with Gasteiger partial charge in [0.25, 0.3) is 0 Å². The van der Waals surface area contributed by atoms with Crippen molar-refractivity contribution in [3.05, 3.63) is 0 Å². The second kappa shape index (κ2) is 5.35. The SMILES string of the molecule is CCC(C)NC(C(N)=O)C1CCCC1. The van der Waals surface area contributed by atoms with Crippen LogP contribution in [-0.4, -0.2) is 18.0 Å². The summed E-state index contributed by atoms with van der Waals surface area (Å²) >= 11 is 0. The molecule has 0 aromatic heterocycles. The quantitative estimate of drug-likeness (QED) is 0.702. The molecule has 0 aromatic carbocycles. The second-order valence-corrected chi connectivity index (χ2v) is 4.40. The summed E-state index contributed by atoms with van der Waals surface area (Å²) in [5.41, 5.74) is 5.42. The first-order chi connectivity index (χ1) is 6.65. The third-order valence-corrected chi connectivity index (χ3v) is 3.25. The maximum absolute atomic E-state index is 11.3. The highest BCUT2D eigenvalue weighted by Crippen LogP contribution is 2.27. The van der Waals surface area contributed by atoms with E-state index in [9.17, 15) is 4.79 Å². The molecule has 1 saturated carbocycles. The van der Waals surface area contributed by atoms with Crippen LogP contribution in [0.4, 0.5) is 0 Å². The fourth-order valence-electron chi connectivity index (χ4n) is 2.17. The molecule has 3 N–H and O–H groups in total. The number of carbonyl (C=O) groups excluding carboxylic acids is 1. The molecule has 0 spiro atoms. The van der Waals surface area contributed by atoms with Crippen LogP contribution in [0.3, 0.4) is 0 Å². The summed E-state index contributed by atoms with van der Waals surface area (Å²) in [6, 6.07) is 0.278. The van der Waals surface area contributed by atoms with Crippen LogP contribution in [0, 0.1) is 5.92 Å². The summed E-state index contributed by atoms with van der Waals surface area (Å²) in [7, 11) is 0. The van der Waals surface area contributed by atoms with Crippen molar-refractivity contribution >= 4 is 5.91 Å². The Balaban J connectivity index is 2.49. The molecule has 1 fully saturated rings. The van der Waals surface area contributed by atoms with E-state index in [1.807, 2.05) is 0 Å². The molecular formula is C11H22N2O. The second-order valence-electron chi connectivity index (χ2n) is 4.40. The highest BCUT2D eigenvalue weighted by Gasteiger charge is 2.29. The molecule has 82 valence electrons. The molecule has 3 nitrogen and oxygen atoms in total. The van der Waals surface area contributed by atoms with Crippen LogP contribution in [-0.2, 0) is 4.79 Å². The van der Waals surface area contributed by atoms with Gasteiger partial charge in [-0.15, -0.1) is 0 Å². The van der Waals surface area contributed by atoms with Crippen LogP contribution in [0.5, 0.6) is 0 Å². The molecule has 3 heteroatoms. The fraction of sp³-hybridized carbons (Fsp3) is 0.909. The standard InChI is InChI=1S/C11H22N2O/c1-3-8(2)13-10(11(12)14)9-6-4-5-7-9/h8-10,13H,3-7H2,1-2H3,(H2,12,14). The minimum atomic E-state index is -0.183. The van der Waals surface area contributed by atoms with Gasteiger partial charge in [-0.3, -0.25) is 4.79 Å². The van der Waals surface area contributed by atoms with Crippen LogP contribution in [0.25, 0.3) is 0 Å². The average molecular weight is 198 g/mol. The largest absolute Gasteiger partial charge is 0.368 e. The van der Waals surface area contributed by atoms with E-state index >= 15 is 0 Å². The van der Waals surface area contributed by atoms with Crippen molar-refractivity contribution < 1.29 is 4.79 Å². The van der Waals surface area contributed by atoms with Crippen LogP contribution in [0.15, 0.2) is 0 Å². The highest BCUT2D eigenvalue weighted by atomic mass is 16.1. The zero-order valence-electron chi connectivity index (χ0n) is 9.25. The van der Waals surface area contributed by atoms with Crippen LogP contribution in [0.2, 0.25) is 0 Å². The number of rotatable bonds is 5. The summed E-state index contributed by atoms with van der Waals surface area (Å²) in [5.74, 6) is 0.290. The van der Waals surface area contributed by atoms with Gasteiger partial charge < -0.3 is 11.1 Å². The highest BCUT2D eigenvalue weighted by molar-refractivity contribution is 5.80. The van der Waals surface area contributed by atoms with Gasteiger partial charge >= 0.3 is 0 Å². The molecule has 14 heavy (non-hydrogen) atoms. The molecule has 0 aromatic rings. The Morgan fingerprint density at radius 3 is 2.50 bits per heavy atom. The number of primary amides is 1. The van der Waals surface area contributed by atoms with Crippen molar-refractivity contribution in [3.8, 4) is 0 Å². The van der Waals surface area contributed by atoms with E-state index in [1.54, 1.807) is 0 Å². The summed E-state index contributed by atoms with van der Waals surface area (Å²) in [5, 5.41) is 3.33. The van der Waals surface area contributed by atoms with Crippen molar-refractivity contribution in [2.75, 3.05) is 0 Å². The van der Waals surface area contributed by atoms with Crippen LogP contribution in [0.1, 0.15) is 46.0 Å². The molecule has 0 aliphatic heterocycles. The molecule has 1 rings (SSSR count). The average Bonchev–Trinajstić information content (AvgIpc) is 2.65. The van der Waals surface area contributed by atoms with Gasteiger partial charge in [0.1, 0.15) is 0 Å². The molecule has 0 bridgehead atoms. The van der Waals surface area contributed by atoms with E-state index in [0.717, 1.165) is 19.3 Å². The summed E-state index contributed by atoms with van der Waals surface area (Å²) in [6.07, 6.45) is 5.83. The Hall–Kier alpha value is -0.570. The molecule has 2 unspecified atom stereocenters. The monoisotopic (exact) mass is 198 g/mol. The lowest BCUT2D eigenvalue weighted by Crippen LogP contribution is -2.49. The minimum Gasteiger partial charge on any atom is -0.368 e. The van der Waals surface area contributed by atoms with Crippen molar-refractivity contribution in [1.82, 2.24) is 5.32 Å². The molecule has 0 heterocycles. The van der Waals surface area contributed by atoms with Gasteiger partial charge in [0.15, 0.2) is 0 Å². The van der Waals surface area contributed by atoms with Gasteiger partial charge in [0.05, 0.1) is 6.04 Å². The van der Waals surface area contributed by atoms with Gasteiger partial charge in [-0.2, -0.15) is 0 Å². The summed E-state index contributed by atoms with van der Waals surface area (Å²) in [4.78, 5) is 11.3. The molecule has 0 saturated heterocycles. The minimum absolute atomic E-state index is 0.104. The number of nitrogens with two attached hydrogens (primary N) is 1. The first-order valence-corrected chi connectivity index (χ1v) is 5.70. The smallest absolute Gasteiger partial charge is 0.234 e. The zero-order chi connectivity index (χ0) is 10.6. The predicted octanol–water partition coefficient (Wildman–Crippen LogP) is 1.42. The van der Waals surface area contributed by atoms with Gasteiger partial charge in [0, 0.05) is 6.04 Å². The van der Waals surface area contributed by atoms with Crippen molar-refractivity contribution in [3.63, 3.8) is 0 Å². The first kappa shape index (κ1) is 11.5. The van der Waals surface area contributed by atoms with Crippen LogP contribution >= 0.6 is 0 Å². The summed E-state index contributed by atoms with van der Waals surface area (Å²) < 4.78 is 0. The third kappa shape index (κ3) is 2.98. The number of carbonyl (C=O) groups is 1. The lowest BCUT2D eigenvalue weighted by Gasteiger charge is -2.24. The molecular weight excluding hydrogens is 176 g/mol. The Bertz CT molecular complexity index is 188. The van der Waals surface area contributed by atoms with Gasteiger partial charge in [-0.25, -0.2) is 0 Å². The van der Waals surface area contributed by atoms with E-state index < -0.39 is 0 Å². The number of hydrogen-bond acceptors (Lipinski definition) is 2. The van der Waals surface area contributed by atoms with Gasteiger partial charge in [0.2, 0.25) is 5.91 Å². The Labute approximate surface area is 86.4 Å². The molecule has 1 aliphatic carbocycles. The molecule has 0 radical (unpaired) electrons. The Kier molecular flexibility index (Phi) is 4.39. The number of hydrogen-bond donors (Lipinski definition) is 2. The number of nitrogens with one attached hydrogen (secondary N) is 1. The van der Waals surface area contributed by atoms with E-state index in [-0.39, 0.29) is 11.9 Å². The van der Waals surface area contributed by atoms with Crippen LogP contribution < -0.4 is 11.1 Å². The van der Waals surface area contributed by atoms with E-state index in [4.69, 9.17) is 5.73 Å². The van der Waals surface area contributed by atoms with E-state index in [2.05, 4.69) is 19.2 Å². The first-order valence-electron chi connectivity index (χ1n) is 5.70. The lowest BCUT2D eigenvalue weighted by molar-refractivity contribution is -0.121. The topological polar surface area (TPSA) is 55.1 Å². The predicted molar refractivity (Wildman–Crippen MR) is 57.8 cm³/mol. The normalized spacial score (nSPS) is 22.1. The molecule has 1 amide bonds. The van der Waals surface area contributed by atoms with Gasteiger partial charge in [-0.05, 0) is 32.1 Å². The van der Waals surface area contributed by atoms with Crippen molar-refractivity contribution in [1.29, 1.82) is 0 Å². The molecule has 2 atom stereocenters. The van der Waals surface area contributed by atoms with E-state index in [1.165, 1.54) is 12.8 Å². The lowest BCUT2D eigenvalue weighted by atomic mass is 9.96. The van der Waals surface area contributed by atoms with Crippen molar-refractivity contribution in [2.24, 2.45) is 11.7 Å². The Morgan fingerprint density at radius 1 is 1.50 bits per heavy atom. The maximum Gasteiger partial charge on any atom is 0.234 e. The van der Waals surface area contributed by atoms with E-state index in [0.29, 0.717) is 12.0 Å². The Morgan fingerprint density at radius 2 is 2.07 bits per heavy atom. The van der Waals surface area contributed by atoms with Gasteiger partial charge in [-0.1, -0.05) is 19.8 Å². The van der Waals surface area contributed by atoms with Crippen molar-refractivity contribution in [2.45, 2.75) is 58.0 Å². The summed E-state index contributed by atoms with van der Waals surface area (Å²) in [6.45, 7) is 4.22. The zero-order valence-corrected chi connectivity index (χ0v) is 9.25. The fourth-order valence-corrected chi connectivity index (χ4v) is 2.17. The third-order valence-electron chi connectivity index (χ3n) is 3.25. The molecule has 1 aliphatic rings. The number of amides is 1.